The molecule has 4 nitrogen and oxygen atoms in total. The van der Waals surface area contributed by atoms with E-state index in [9.17, 15) is 0 Å². The Labute approximate surface area is 309 Å². The van der Waals surface area contributed by atoms with Crippen molar-refractivity contribution in [2.45, 2.75) is 0 Å². The molecule has 3 heterocycles. The number of halogens is 1. The van der Waals surface area contributed by atoms with E-state index >= 15 is 0 Å². The van der Waals surface area contributed by atoms with E-state index in [1.165, 1.54) is 5.39 Å². The van der Waals surface area contributed by atoms with Crippen molar-refractivity contribution < 1.29 is 4.42 Å². The molecule has 0 spiro atoms. The standard InChI is InChI=1S/C48H28ClN3O/c49-39-23-25-44-45(37-22-20-30-11-6-7-15-35(30)47(37)53-44)46(39)41-28-40(50-48(51-41)33-19-18-29-10-4-5-12-31(29)26-33)32-21-24-43-38(27-32)36-16-8-9-17-42(36)52(43)34-13-2-1-3-14-34/h1-28H. The van der Waals surface area contributed by atoms with Gasteiger partial charge in [0.1, 0.15) is 11.2 Å². The lowest BCUT2D eigenvalue weighted by molar-refractivity contribution is 0.673. The molecule has 53 heavy (non-hydrogen) atoms. The predicted octanol–water partition coefficient (Wildman–Crippen LogP) is 13.4. The molecule has 5 heteroatoms. The summed E-state index contributed by atoms with van der Waals surface area (Å²) in [5.74, 6) is 0.626. The monoisotopic (exact) mass is 697 g/mol. The number of furan rings is 1. The van der Waals surface area contributed by atoms with E-state index in [2.05, 4.69) is 150 Å². The van der Waals surface area contributed by atoms with E-state index in [0.29, 0.717) is 10.8 Å². The second kappa shape index (κ2) is 11.6. The van der Waals surface area contributed by atoms with Gasteiger partial charge in [-0.15, -0.1) is 0 Å². The number of hydrogen-bond acceptors (Lipinski definition) is 3. The second-order valence-electron chi connectivity index (χ2n) is 13.5. The Balaban J connectivity index is 1.19. The summed E-state index contributed by atoms with van der Waals surface area (Å²) < 4.78 is 8.91. The molecule has 0 saturated carbocycles. The average Bonchev–Trinajstić information content (AvgIpc) is 3.76. The van der Waals surface area contributed by atoms with E-state index < -0.39 is 0 Å². The molecule has 0 bridgehead atoms. The zero-order valence-corrected chi connectivity index (χ0v) is 29.0. The third-order valence-electron chi connectivity index (χ3n) is 10.4. The molecule has 0 aliphatic rings. The van der Waals surface area contributed by atoms with Crippen molar-refractivity contribution in [3.8, 4) is 39.6 Å². The van der Waals surface area contributed by atoms with Gasteiger partial charge in [-0.25, -0.2) is 9.97 Å². The normalized spacial score (nSPS) is 11.9. The molecule has 0 atom stereocenters. The second-order valence-corrected chi connectivity index (χ2v) is 13.9. The molecule has 0 N–H and O–H groups in total. The first-order valence-electron chi connectivity index (χ1n) is 17.7. The molecule has 0 unspecified atom stereocenters. The Morgan fingerprint density at radius 1 is 0.472 bits per heavy atom. The maximum atomic E-state index is 7.19. The Morgan fingerprint density at radius 2 is 1.17 bits per heavy atom. The molecule has 248 valence electrons. The number of rotatable bonds is 4. The van der Waals surface area contributed by atoms with Gasteiger partial charge in [-0.05, 0) is 76.8 Å². The smallest absolute Gasteiger partial charge is 0.160 e. The Bertz CT molecular complexity index is 3250. The van der Waals surface area contributed by atoms with Crippen LogP contribution in [0, 0.1) is 0 Å². The number of para-hydroxylation sites is 2. The molecule has 11 rings (SSSR count). The molecular formula is C48H28ClN3O. The summed E-state index contributed by atoms with van der Waals surface area (Å²) in [6.45, 7) is 0. The lowest BCUT2D eigenvalue weighted by Gasteiger charge is -2.12. The lowest BCUT2D eigenvalue weighted by atomic mass is 9.99. The first kappa shape index (κ1) is 29.9. The van der Waals surface area contributed by atoms with Crippen LogP contribution in [0.4, 0.5) is 0 Å². The molecule has 0 aliphatic carbocycles. The van der Waals surface area contributed by atoms with Crippen LogP contribution in [-0.4, -0.2) is 14.5 Å². The molecule has 0 fully saturated rings. The highest BCUT2D eigenvalue weighted by Gasteiger charge is 2.21. The van der Waals surface area contributed by atoms with Crippen molar-refractivity contribution in [2.24, 2.45) is 0 Å². The summed E-state index contributed by atoms with van der Waals surface area (Å²) >= 11 is 7.19. The zero-order valence-electron chi connectivity index (χ0n) is 28.3. The number of nitrogens with zero attached hydrogens (tertiary/aromatic N) is 3. The predicted molar refractivity (Wildman–Crippen MR) is 220 cm³/mol. The maximum absolute atomic E-state index is 7.19. The van der Waals surface area contributed by atoms with Crippen molar-refractivity contribution in [2.75, 3.05) is 0 Å². The number of fused-ring (bicyclic) bond motifs is 9. The third-order valence-corrected chi connectivity index (χ3v) is 10.8. The van der Waals surface area contributed by atoms with E-state index in [1.54, 1.807) is 0 Å². The van der Waals surface area contributed by atoms with Gasteiger partial charge in [0.05, 0.1) is 27.4 Å². The van der Waals surface area contributed by atoms with Crippen LogP contribution in [0.2, 0.25) is 5.02 Å². The Kier molecular flexibility index (Phi) is 6.57. The topological polar surface area (TPSA) is 43.9 Å². The van der Waals surface area contributed by atoms with Gasteiger partial charge in [-0.3, -0.25) is 0 Å². The summed E-state index contributed by atoms with van der Waals surface area (Å²) in [7, 11) is 0. The van der Waals surface area contributed by atoms with Gasteiger partial charge in [0, 0.05) is 49.3 Å². The van der Waals surface area contributed by atoms with Crippen LogP contribution >= 0.6 is 11.6 Å². The van der Waals surface area contributed by atoms with Crippen LogP contribution < -0.4 is 0 Å². The minimum Gasteiger partial charge on any atom is -0.455 e. The molecular weight excluding hydrogens is 670 g/mol. The molecule has 8 aromatic carbocycles. The van der Waals surface area contributed by atoms with Crippen LogP contribution in [0.1, 0.15) is 0 Å². The van der Waals surface area contributed by atoms with Crippen molar-refractivity contribution in [1.29, 1.82) is 0 Å². The van der Waals surface area contributed by atoms with Gasteiger partial charge in [-0.2, -0.15) is 0 Å². The first-order valence-corrected chi connectivity index (χ1v) is 18.1. The summed E-state index contributed by atoms with van der Waals surface area (Å²) in [4.78, 5) is 10.6. The van der Waals surface area contributed by atoms with Gasteiger partial charge in [0.25, 0.3) is 0 Å². The van der Waals surface area contributed by atoms with Crippen LogP contribution in [0.5, 0.6) is 0 Å². The van der Waals surface area contributed by atoms with Crippen molar-refractivity contribution in [3.05, 3.63) is 175 Å². The average molecular weight is 698 g/mol. The Morgan fingerprint density at radius 3 is 2.06 bits per heavy atom. The fourth-order valence-corrected chi connectivity index (χ4v) is 8.24. The van der Waals surface area contributed by atoms with E-state index in [0.717, 1.165) is 93.7 Å². The number of aromatic nitrogens is 3. The van der Waals surface area contributed by atoms with E-state index in [1.807, 2.05) is 24.3 Å². The molecule has 0 radical (unpaired) electrons. The van der Waals surface area contributed by atoms with Crippen molar-refractivity contribution >= 4 is 76.9 Å². The molecule has 0 amide bonds. The summed E-state index contributed by atoms with van der Waals surface area (Å²) in [5, 5.41) is 9.35. The quantitative estimate of drug-likeness (QED) is 0.184. The lowest BCUT2D eigenvalue weighted by Crippen LogP contribution is -1.97. The minimum atomic E-state index is 0.601. The summed E-state index contributed by atoms with van der Waals surface area (Å²) in [6.07, 6.45) is 0. The fraction of sp³-hybridized carbons (Fsp3) is 0. The fourth-order valence-electron chi connectivity index (χ4n) is 7.99. The van der Waals surface area contributed by atoms with Crippen molar-refractivity contribution in [1.82, 2.24) is 14.5 Å². The highest BCUT2D eigenvalue weighted by Crippen LogP contribution is 2.44. The highest BCUT2D eigenvalue weighted by atomic mass is 35.5. The van der Waals surface area contributed by atoms with E-state index in [-0.39, 0.29) is 0 Å². The van der Waals surface area contributed by atoms with Gasteiger partial charge >= 0.3 is 0 Å². The number of benzene rings is 8. The third kappa shape index (κ3) is 4.70. The summed E-state index contributed by atoms with van der Waals surface area (Å²) in [6, 6.07) is 59.0. The molecule has 0 aliphatic heterocycles. The zero-order chi connectivity index (χ0) is 35.0. The molecule has 3 aromatic heterocycles. The minimum absolute atomic E-state index is 0.601. The van der Waals surface area contributed by atoms with Crippen LogP contribution in [0.25, 0.3) is 105 Å². The van der Waals surface area contributed by atoms with Gasteiger partial charge in [0.2, 0.25) is 0 Å². The van der Waals surface area contributed by atoms with Crippen LogP contribution in [0.3, 0.4) is 0 Å². The van der Waals surface area contributed by atoms with Gasteiger partial charge < -0.3 is 8.98 Å². The van der Waals surface area contributed by atoms with Crippen molar-refractivity contribution in [3.63, 3.8) is 0 Å². The molecule has 0 saturated heterocycles. The highest BCUT2D eigenvalue weighted by molar-refractivity contribution is 6.36. The summed E-state index contributed by atoms with van der Waals surface area (Å²) in [5.41, 5.74) is 9.30. The van der Waals surface area contributed by atoms with Gasteiger partial charge in [-0.1, -0.05) is 121 Å². The number of hydrogen-bond donors (Lipinski definition) is 0. The molecule has 11 aromatic rings. The SMILES string of the molecule is Clc1ccc2oc3c4ccccc4ccc3c2c1-c1cc(-c2ccc3c(c2)c2ccccc2n3-c2ccccc2)nc(-c2ccc3ccccc3c2)n1. The van der Waals surface area contributed by atoms with E-state index in [4.69, 9.17) is 26.0 Å². The largest absolute Gasteiger partial charge is 0.455 e. The van der Waals surface area contributed by atoms with Crippen LogP contribution in [0.15, 0.2) is 174 Å². The van der Waals surface area contributed by atoms with Crippen LogP contribution in [-0.2, 0) is 0 Å². The first-order chi connectivity index (χ1) is 26.2. The van der Waals surface area contributed by atoms with Gasteiger partial charge in [0.15, 0.2) is 5.82 Å². The maximum Gasteiger partial charge on any atom is 0.160 e. The Hall–Kier alpha value is -6.75.